The summed E-state index contributed by atoms with van der Waals surface area (Å²) >= 11 is 7.55. The maximum atomic E-state index is 13.5. The molecule has 0 saturated carbocycles. The number of rotatable bonds is 7. The lowest BCUT2D eigenvalue weighted by Gasteiger charge is -2.11. The molecule has 4 rings (SSSR count). The molecule has 0 radical (unpaired) electrons. The van der Waals surface area contributed by atoms with Gasteiger partial charge in [-0.25, -0.2) is 8.78 Å². The van der Waals surface area contributed by atoms with Crippen molar-refractivity contribution in [3.05, 3.63) is 100 Å². The summed E-state index contributed by atoms with van der Waals surface area (Å²) < 4.78 is 28.7. The van der Waals surface area contributed by atoms with Gasteiger partial charge in [0.15, 0.2) is 5.16 Å². The summed E-state index contributed by atoms with van der Waals surface area (Å²) in [5.41, 5.74) is 5.14. The van der Waals surface area contributed by atoms with Crippen molar-refractivity contribution in [1.82, 2.24) is 14.8 Å². The monoisotopic (exact) mass is 458 g/mol. The Morgan fingerprint density at radius 1 is 0.935 bits per heavy atom. The van der Waals surface area contributed by atoms with Gasteiger partial charge in [-0.2, -0.15) is 0 Å². The van der Waals surface area contributed by atoms with E-state index in [-0.39, 0.29) is 5.82 Å². The van der Waals surface area contributed by atoms with Crippen LogP contribution in [0.5, 0.6) is 0 Å². The van der Waals surface area contributed by atoms with Crippen molar-refractivity contribution >= 4 is 29.1 Å². The summed E-state index contributed by atoms with van der Waals surface area (Å²) in [5.74, 6) is 0.412. The maximum absolute atomic E-state index is 13.5. The van der Waals surface area contributed by atoms with E-state index in [1.165, 1.54) is 36.0 Å². The van der Waals surface area contributed by atoms with Gasteiger partial charge in [-0.3, -0.25) is 15.3 Å². The molecule has 0 aliphatic heterocycles. The molecule has 0 atom stereocenters. The van der Waals surface area contributed by atoms with Crippen LogP contribution in [0.1, 0.15) is 17.0 Å². The molecular formula is C22H17ClF2N4OS. The van der Waals surface area contributed by atoms with Gasteiger partial charge in [0.2, 0.25) is 0 Å². The molecule has 0 saturated heterocycles. The van der Waals surface area contributed by atoms with Crippen LogP contribution in [0.2, 0.25) is 5.02 Å². The van der Waals surface area contributed by atoms with E-state index in [9.17, 15) is 8.78 Å². The summed E-state index contributed by atoms with van der Waals surface area (Å²) in [5, 5.41) is 18.6. The Kier molecular flexibility index (Phi) is 6.50. The Morgan fingerprint density at radius 2 is 1.65 bits per heavy atom. The Hall–Kier alpha value is -2.94. The quantitative estimate of drug-likeness (QED) is 0.267. The molecule has 4 aromatic rings. The van der Waals surface area contributed by atoms with Gasteiger partial charge in [0.05, 0.1) is 5.69 Å². The SMILES string of the molecule is ONc1ccc(Cc2nnc(SCc3ccc(F)cc3Cl)n2-c2ccc(F)cc2)cc1. The second-order valence-electron chi connectivity index (χ2n) is 6.72. The molecule has 3 aromatic carbocycles. The normalized spacial score (nSPS) is 11.0. The van der Waals surface area contributed by atoms with Gasteiger partial charge in [0.1, 0.15) is 17.5 Å². The Morgan fingerprint density at radius 3 is 2.32 bits per heavy atom. The van der Waals surface area contributed by atoms with Crippen LogP contribution in [-0.4, -0.2) is 20.0 Å². The predicted octanol–water partition coefficient (Wildman–Crippen LogP) is 5.88. The van der Waals surface area contributed by atoms with E-state index in [1.54, 1.807) is 30.3 Å². The lowest BCUT2D eigenvalue weighted by Crippen LogP contribution is -2.04. The van der Waals surface area contributed by atoms with Crippen LogP contribution in [0.25, 0.3) is 5.69 Å². The number of aromatic nitrogens is 3. The smallest absolute Gasteiger partial charge is 0.196 e. The van der Waals surface area contributed by atoms with E-state index in [4.69, 9.17) is 16.8 Å². The molecule has 0 unspecified atom stereocenters. The first-order valence-electron chi connectivity index (χ1n) is 9.29. The largest absolute Gasteiger partial charge is 0.291 e. The van der Waals surface area contributed by atoms with Crippen molar-refractivity contribution in [2.24, 2.45) is 0 Å². The molecule has 0 aliphatic rings. The van der Waals surface area contributed by atoms with Crippen LogP contribution in [0, 0.1) is 11.6 Å². The van der Waals surface area contributed by atoms with Gasteiger partial charge in [-0.05, 0) is 59.7 Å². The summed E-state index contributed by atoms with van der Waals surface area (Å²) in [4.78, 5) is 0. The van der Waals surface area contributed by atoms with Gasteiger partial charge in [-0.1, -0.05) is 41.6 Å². The average Bonchev–Trinajstić information content (AvgIpc) is 3.16. The molecule has 1 aromatic heterocycles. The molecule has 9 heteroatoms. The van der Waals surface area contributed by atoms with Crippen LogP contribution in [-0.2, 0) is 12.2 Å². The van der Waals surface area contributed by atoms with E-state index in [2.05, 4.69) is 15.7 Å². The van der Waals surface area contributed by atoms with Crippen molar-refractivity contribution in [2.45, 2.75) is 17.3 Å². The summed E-state index contributed by atoms with van der Waals surface area (Å²) in [7, 11) is 0. The van der Waals surface area contributed by atoms with Crippen molar-refractivity contribution in [3.8, 4) is 5.69 Å². The van der Waals surface area contributed by atoms with Crippen molar-refractivity contribution in [1.29, 1.82) is 0 Å². The molecule has 0 aliphatic carbocycles. The minimum atomic E-state index is -0.391. The van der Waals surface area contributed by atoms with Crippen molar-refractivity contribution < 1.29 is 14.0 Å². The molecule has 2 N–H and O–H groups in total. The Bertz CT molecular complexity index is 1180. The Labute approximate surface area is 186 Å². The van der Waals surface area contributed by atoms with E-state index in [1.807, 2.05) is 16.7 Å². The van der Waals surface area contributed by atoms with Crippen LogP contribution in [0.3, 0.4) is 0 Å². The molecule has 31 heavy (non-hydrogen) atoms. The first-order chi connectivity index (χ1) is 15.0. The summed E-state index contributed by atoms with van der Waals surface area (Å²) in [6, 6.07) is 17.6. The van der Waals surface area contributed by atoms with Crippen LogP contribution < -0.4 is 5.48 Å². The van der Waals surface area contributed by atoms with Crippen LogP contribution in [0.4, 0.5) is 14.5 Å². The number of nitrogens with zero attached hydrogens (tertiary/aromatic N) is 3. The third-order valence-corrected chi connectivity index (χ3v) is 5.93. The number of thioether (sulfide) groups is 1. The predicted molar refractivity (Wildman–Crippen MR) is 117 cm³/mol. The lowest BCUT2D eigenvalue weighted by molar-refractivity contribution is 0.389. The van der Waals surface area contributed by atoms with E-state index < -0.39 is 5.82 Å². The highest BCUT2D eigenvalue weighted by atomic mass is 35.5. The fourth-order valence-electron chi connectivity index (χ4n) is 3.02. The third-order valence-electron chi connectivity index (χ3n) is 4.60. The van der Waals surface area contributed by atoms with E-state index >= 15 is 0 Å². The molecule has 0 spiro atoms. The zero-order chi connectivity index (χ0) is 21.8. The second kappa shape index (κ2) is 9.47. The first-order valence-corrected chi connectivity index (χ1v) is 10.7. The van der Waals surface area contributed by atoms with E-state index in [0.29, 0.717) is 33.9 Å². The molecule has 158 valence electrons. The highest BCUT2D eigenvalue weighted by molar-refractivity contribution is 7.98. The zero-order valence-electron chi connectivity index (χ0n) is 16.1. The van der Waals surface area contributed by atoms with Gasteiger partial charge in [0, 0.05) is 22.9 Å². The van der Waals surface area contributed by atoms with Gasteiger partial charge in [-0.15, -0.1) is 10.2 Å². The number of benzene rings is 3. The topological polar surface area (TPSA) is 63.0 Å². The molecule has 0 amide bonds. The number of nitrogens with one attached hydrogen (secondary N) is 1. The maximum Gasteiger partial charge on any atom is 0.196 e. The second-order valence-corrected chi connectivity index (χ2v) is 8.07. The number of anilines is 1. The zero-order valence-corrected chi connectivity index (χ0v) is 17.7. The van der Waals surface area contributed by atoms with Crippen LogP contribution >= 0.6 is 23.4 Å². The highest BCUT2D eigenvalue weighted by Crippen LogP contribution is 2.29. The van der Waals surface area contributed by atoms with Gasteiger partial charge in [0.25, 0.3) is 0 Å². The Balaban J connectivity index is 1.65. The fraction of sp³-hybridized carbons (Fsp3) is 0.0909. The summed E-state index contributed by atoms with van der Waals surface area (Å²) in [6.45, 7) is 0. The molecule has 0 bridgehead atoms. The molecule has 1 heterocycles. The minimum Gasteiger partial charge on any atom is -0.291 e. The summed E-state index contributed by atoms with van der Waals surface area (Å²) in [6.07, 6.45) is 0.480. The molecule has 5 nitrogen and oxygen atoms in total. The van der Waals surface area contributed by atoms with Gasteiger partial charge >= 0.3 is 0 Å². The van der Waals surface area contributed by atoms with Crippen molar-refractivity contribution in [2.75, 3.05) is 5.48 Å². The van der Waals surface area contributed by atoms with E-state index in [0.717, 1.165) is 16.8 Å². The average molecular weight is 459 g/mol. The fourth-order valence-corrected chi connectivity index (χ4v) is 4.31. The number of hydrogen-bond donors (Lipinski definition) is 2. The number of halogens is 3. The third kappa shape index (κ3) is 5.04. The van der Waals surface area contributed by atoms with Crippen molar-refractivity contribution in [3.63, 3.8) is 0 Å². The van der Waals surface area contributed by atoms with Crippen LogP contribution in [0.15, 0.2) is 71.9 Å². The highest BCUT2D eigenvalue weighted by Gasteiger charge is 2.16. The van der Waals surface area contributed by atoms with Gasteiger partial charge < -0.3 is 0 Å². The first kappa shape index (κ1) is 21.3. The standard InChI is InChI=1S/C22H17ClF2N4OS/c23-20-12-17(25)4-3-15(20)13-31-22-27-26-21(11-14-1-7-18(28-30)8-2-14)29(22)19-9-5-16(24)6-10-19/h1-10,12,28,30H,11,13H2. The number of hydrogen-bond acceptors (Lipinski definition) is 5. The molecular weight excluding hydrogens is 442 g/mol. The molecule has 0 fully saturated rings. The minimum absolute atomic E-state index is 0.335. The lowest BCUT2D eigenvalue weighted by atomic mass is 10.1.